The Morgan fingerprint density at radius 2 is 1.61 bits per heavy atom. The van der Waals surface area contributed by atoms with E-state index < -0.39 is 0 Å². The lowest BCUT2D eigenvalue weighted by molar-refractivity contribution is -0.123. The highest BCUT2D eigenvalue weighted by molar-refractivity contribution is 5.79. The number of benzene rings is 1. The number of Topliss-reactive ketones (excluding diaryl/α,β-unsaturated/α-hetero) is 1. The van der Waals surface area contributed by atoms with Crippen molar-refractivity contribution in [1.82, 2.24) is 0 Å². The Hall–Kier alpha value is -1.59. The minimum absolute atomic E-state index is 0.154. The van der Waals surface area contributed by atoms with Crippen molar-refractivity contribution >= 4 is 11.5 Å². The largest absolute Gasteiger partial charge is 0.494 e. The number of carbonyl (C=O) groups excluding carboxylic acids is 1. The Kier molecular flexibility index (Phi) is 10.9. The van der Waals surface area contributed by atoms with Crippen molar-refractivity contribution in [2.24, 2.45) is 0 Å². The Morgan fingerprint density at radius 1 is 0.957 bits per heavy atom. The second-order valence-corrected chi connectivity index (χ2v) is 5.24. The summed E-state index contributed by atoms with van der Waals surface area (Å²) < 4.78 is 16.5. The fourth-order valence-electron chi connectivity index (χ4n) is 1.87. The summed E-state index contributed by atoms with van der Waals surface area (Å²) in [6, 6.07) is 7.88. The first-order valence-electron chi connectivity index (χ1n) is 8.34. The fourth-order valence-corrected chi connectivity index (χ4v) is 1.87. The summed E-state index contributed by atoms with van der Waals surface area (Å²) in [7, 11) is 1.89. The van der Waals surface area contributed by atoms with E-state index >= 15 is 0 Å². The van der Waals surface area contributed by atoms with Crippen LogP contribution in [0.2, 0.25) is 0 Å². The smallest absolute Gasteiger partial charge is 0.158 e. The van der Waals surface area contributed by atoms with Crippen molar-refractivity contribution < 1.29 is 19.0 Å². The highest BCUT2D eigenvalue weighted by atomic mass is 16.5. The summed E-state index contributed by atoms with van der Waals surface area (Å²) in [6.07, 6.45) is 3.29. The van der Waals surface area contributed by atoms with Crippen LogP contribution < -0.4 is 10.1 Å². The highest BCUT2D eigenvalue weighted by Crippen LogP contribution is 2.15. The number of rotatable bonds is 14. The van der Waals surface area contributed by atoms with E-state index in [0.717, 1.165) is 37.3 Å². The van der Waals surface area contributed by atoms with Gasteiger partial charge < -0.3 is 19.5 Å². The van der Waals surface area contributed by atoms with Gasteiger partial charge in [-0.25, -0.2) is 0 Å². The Balaban J connectivity index is 1.87. The van der Waals surface area contributed by atoms with E-state index in [2.05, 4.69) is 5.32 Å². The average molecular weight is 323 g/mol. The first-order chi connectivity index (χ1) is 11.3. The quantitative estimate of drug-likeness (QED) is 0.532. The van der Waals surface area contributed by atoms with E-state index in [9.17, 15) is 4.79 Å². The molecule has 0 amide bonds. The van der Waals surface area contributed by atoms with Gasteiger partial charge in [0.15, 0.2) is 5.78 Å². The molecule has 0 radical (unpaired) electrons. The van der Waals surface area contributed by atoms with Gasteiger partial charge in [-0.1, -0.05) is 6.92 Å². The minimum Gasteiger partial charge on any atom is -0.494 e. The first-order valence-corrected chi connectivity index (χ1v) is 8.34. The molecule has 1 N–H and O–H groups in total. The molecule has 0 saturated carbocycles. The molecule has 0 aromatic heterocycles. The number of carbonyl (C=O) groups is 1. The van der Waals surface area contributed by atoms with Crippen LogP contribution in [0.1, 0.15) is 32.6 Å². The molecule has 0 unspecified atom stereocenters. The molecule has 0 heterocycles. The average Bonchev–Trinajstić information content (AvgIpc) is 2.59. The lowest BCUT2D eigenvalue weighted by Gasteiger charge is -2.08. The zero-order chi connectivity index (χ0) is 16.8. The molecule has 130 valence electrons. The van der Waals surface area contributed by atoms with Gasteiger partial charge in [0.25, 0.3) is 0 Å². The highest BCUT2D eigenvalue weighted by Gasteiger charge is 1.98. The number of anilines is 1. The van der Waals surface area contributed by atoms with Gasteiger partial charge in [0.05, 0.1) is 6.61 Å². The molecule has 0 fully saturated rings. The molecule has 1 aromatic rings. The van der Waals surface area contributed by atoms with E-state index in [-0.39, 0.29) is 12.4 Å². The predicted molar refractivity (Wildman–Crippen MR) is 92.3 cm³/mol. The van der Waals surface area contributed by atoms with Crippen molar-refractivity contribution in [3.8, 4) is 5.75 Å². The van der Waals surface area contributed by atoms with Gasteiger partial charge in [0.1, 0.15) is 12.4 Å². The van der Waals surface area contributed by atoms with Crippen molar-refractivity contribution in [2.75, 3.05) is 45.4 Å². The van der Waals surface area contributed by atoms with E-state index in [4.69, 9.17) is 14.2 Å². The van der Waals surface area contributed by atoms with Gasteiger partial charge in [0, 0.05) is 45.4 Å². The first kappa shape index (κ1) is 19.5. The monoisotopic (exact) mass is 323 g/mol. The predicted octanol–water partition coefficient (Wildman–Crippen LogP) is 3.29. The molecule has 23 heavy (non-hydrogen) atoms. The molecule has 0 saturated heterocycles. The van der Waals surface area contributed by atoms with Gasteiger partial charge in [-0.05, 0) is 37.1 Å². The molecule has 0 atom stereocenters. The number of nitrogens with one attached hydrogen (secondary N) is 1. The third kappa shape index (κ3) is 9.92. The van der Waals surface area contributed by atoms with E-state index in [1.165, 1.54) is 0 Å². The maximum absolute atomic E-state index is 11.0. The normalized spacial score (nSPS) is 10.5. The molecule has 0 aliphatic carbocycles. The van der Waals surface area contributed by atoms with Crippen molar-refractivity contribution in [2.45, 2.75) is 32.6 Å². The second kappa shape index (κ2) is 12.9. The maximum Gasteiger partial charge on any atom is 0.158 e. The summed E-state index contributed by atoms with van der Waals surface area (Å²) in [4.78, 5) is 11.0. The molecular weight excluding hydrogens is 294 g/mol. The van der Waals surface area contributed by atoms with Gasteiger partial charge in [-0.3, -0.25) is 4.79 Å². The Bertz CT molecular complexity index is 420. The lowest BCUT2D eigenvalue weighted by Crippen LogP contribution is -2.08. The number of ether oxygens (including phenoxy) is 3. The summed E-state index contributed by atoms with van der Waals surface area (Å²) in [5, 5.41) is 3.07. The summed E-state index contributed by atoms with van der Waals surface area (Å²) in [6.45, 7) is 4.79. The molecule has 1 rings (SSSR count). The zero-order valence-corrected chi connectivity index (χ0v) is 14.3. The van der Waals surface area contributed by atoms with Gasteiger partial charge in [0.2, 0.25) is 0 Å². The topological polar surface area (TPSA) is 56.8 Å². The summed E-state index contributed by atoms with van der Waals surface area (Å²) in [5.74, 6) is 1.03. The molecule has 0 spiro atoms. The van der Waals surface area contributed by atoms with E-state index in [0.29, 0.717) is 26.2 Å². The van der Waals surface area contributed by atoms with Gasteiger partial charge in [-0.15, -0.1) is 0 Å². The molecule has 1 aromatic carbocycles. The lowest BCUT2D eigenvalue weighted by atomic mass is 10.3. The van der Waals surface area contributed by atoms with Crippen LogP contribution >= 0.6 is 0 Å². The number of ketones is 1. The van der Waals surface area contributed by atoms with E-state index in [1.54, 1.807) is 0 Å². The minimum atomic E-state index is 0.154. The fraction of sp³-hybridized carbons (Fsp3) is 0.611. The number of hydrogen-bond acceptors (Lipinski definition) is 5. The van der Waals surface area contributed by atoms with Crippen LogP contribution in [0.15, 0.2) is 24.3 Å². The number of unbranched alkanes of at least 4 members (excludes halogenated alkanes) is 1. The van der Waals surface area contributed by atoms with Crippen molar-refractivity contribution in [3.63, 3.8) is 0 Å². The molecule has 0 aliphatic heterocycles. The Labute approximate surface area is 139 Å². The molecule has 5 nitrogen and oxygen atoms in total. The number of hydrogen-bond donors (Lipinski definition) is 1. The van der Waals surface area contributed by atoms with Crippen molar-refractivity contribution in [3.05, 3.63) is 24.3 Å². The van der Waals surface area contributed by atoms with Crippen LogP contribution in [0.5, 0.6) is 5.75 Å². The SMILES string of the molecule is CCC(=O)COCCCCOCCCOc1ccc(NC)cc1. The molecule has 0 aliphatic rings. The third-order valence-corrected chi connectivity index (χ3v) is 3.33. The second-order valence-electron chi connectivity index (χ2n) is 5.24. The maximum atomic E-state index is 11.0. The van der Waals surface area contributed by atoms with Crippen LogP contribution in [-0.2, 0) is 14.3 Å². The zero-order valence-electron chi connectivity index (χ0n) is 14.3. The van der Waals surface area contributed by atoms with E-state index in [1.807, 2.05) is 38.2 Å². The van der Waals surface area contributed by atoms with Crippen molar-refractivity contribution in [1.29, 1.82) is 0 Å². The van der Waals surface area contributed by atoms with Gasteiger partial charge >= 0.3 is 0 Å². The standard InChI is InChI=1S/C18H29NO4/c1-3-17(20)15-22-12-5-4-11-21-13-6-14-23-18-9-7-16(19-2)8-10-18/h7-10,19H,3-6,11-15H2,1-2H3. The van der Waals surface area contributed by atoms with Crippen LogP contribution in [0, 0.1) is 0 Å². The summed E-state index contributed by atoms with van der Waals surface area (Å²) in [5.41, 5.74) is 1.07. The Morgan fingerprint density at radius 3 is 2.26 bits per heavy atom. The van der Waals surface area contributed by atoms with Gasteiger partial charge in [-0.2, -0.15) is 0 Å². The summed E-state index contributed by atoms with van der Waals surface area (Å²) >= 11 is 0. The van der Waals surface area contributed by atoms with Crippen LogP contribution in [0.4, 0.5) is 5.69 Å². The molecular formula is C18H29NO4. The third-order valence-electron chi connectivity index (χ3n) is 3.33. The molecule has 0 bridgehead atoms. The molecule has 5 heteroatoms. The van der Waals surface area contributed by atoms with Crippen LogP contribution in [0.25, 0.3) is 0 Å². The van der Waals surface area contributed by atoms with Crippen LogP contribution in [0.3, 0.4) is 0 Å². The van der Waals surface area contributed by atoms with Crippen LogP contribution in [-0.4, -0.2) is 45.9 Å².